The third-order valence-electron chi connectivity index (χ3n) is 5.55. The van der Waals surface area contributed by atoms with Crippen LogP contribution in [0.3, 0.4) is 0 Å². The normalized spacial score (nSPS) is 37.4. The molecule has 108 valence electrons. The van der Waals surface area contributed by atoms with Crippen LogP contribution in [0.1, 0.15) is 51.4 Å². The Balaban J connectivity index is 1.65. The number of nitrogens with zero attached hydrogens (tertiary/aromatic N) is 2. The molecule has 2 N–H and O–H groups in total. The molecule has 19 heavy (non-hydrogen) atoms. The Morgan fingerprint density at radius 3 is 2.32 bits per heavy atom. The maximum atomic E-state index is 12.5. The summed E-state index contributed by atoms with van der Waals surface area (Å²) in [5, 5.41) is 0. The molecule has 1 heterocycles. The van der Waals surface area contributed by atoms with Gasteiger partial charge in [0.25, 0.3) is 0 Å². The van der Waals surface area contributed by atoms with Crippen molar-refractivity contribution in [1.82, 2.24) is 9.80 Å². The summed E-state index contributed by atoms with van der Waals surface area (Å²) in [6, 6.07) is 1.53. The van der Waals surface area contributed by atoms with Gasteiger partial charge in [-0.3, -0.25) is 0 Å². The molecule has 0 bridgehead atoms. The Bertz CT molecular complexity index is 332. The van der Waals surface area contributed by atoms with Crippen molar-refractivity contribution < 1.29 is 4.79 Å². The second kappa shape index (κ2) is 5.31. The minimum atomic E-state index is 0.261. The van der Waals surface area contributed by atoms with E-state index in [0.29, 0.717) is 18.1 Å². The van der Waals surface area contributed by atoms with Crippen LogP contribution in [0.15, 0.2) is 0 Å². The fourth-order valence-electron chi connectivity index (χ4n) is 4.27. The van der Waals surface area contributed by atoms with Gasteiger partial charge in [0.05, 0.1) is 6.04 Å². The van der Waals surface area contributed by atoms with Crippen molar-refractivity contribution in [3.05, 3.63) is 0 Å². The third-order valence-corrected chi connectivity index (χ3v) is 5.55. The fourth-order valence-corrected chi connectivity index (χ4v) is 4.27. The van der Waals surface area contributed by atoms with Crippen LogP contribution in [0.5, 0.6) is 0 Å². The maximum Gasteiger partial charge on any atom is 0.320 e. The fraction of sp³-hybridized carbons (Fsp3) is 0.933. The van der Waals surface area contributed by atoms with Crippen molar-refractivity contribution in [2.24, 2.45) is 11.7 Å². The number of nitrogens with two attached hydrogens (primary N) is 1. The highest BCUT2D eigenvalue weighted by Crippen LogP contribution is 2.35. The molecule has 2 saturated carbocycles. The van der Waals surface area contributed by atoms with Gasteiger partial charge in [-0.2, -0.15) is 0 Å². The van der Waals surface area contributed by atoms with E-state index in [9.17, 15) is 4.79 Å². The van der Waals surface area contributed by atoms with E-state index in [0.717, 1.165) is 38.1 Å². The van der Waals surface area contributed by atoms with Crippen LogP contribution >= 0.6 is 0 Å². The lowest BCUT2D eigenvalue weighted by Gasteiger charge is -2.33. The van der Waals surface area contributed by atoms with Crippen LogP contribution in [0.25, 0.3) is 0 Å². The Morgan fingerprint density at radius 2 is 1.68 bits per heavy atom. The Labute approximate surface area is 116 Å². The molecule has 4 heteroatoms. The first kappa shape index (κ1) is 13.2. The highest BCUT2D eigenvalue weighted by Gasteiger charge is 2.42. The van der Waals surface area contributed by atoms with Crippen molar-refractivity contribution in [2.75, 3.05) is 13.6 Å². The van der Waals surface area contributed by atoms with Gasteiger partial charge >= 0.3 is 6.03 Å². The summed E-state index contributed by atoms with van der Waals surface area (Å²) in [5.41, 5.74) is 5.97. The maximum absolute atomic E-state index is 12.5. The average Bonchev–Trinajstić information content (AvgIpc) is 3.02. The predicted octanol–water partition coefficient (Wildman–Crippen LogP) is 2.18. The van der Waals surface area contributed by atoms with Crippen LogP contribution < -0.4 is 5.73 Å². The molecular formula is C15H27N3O. The molecule has 2 amide bonds. The Kier molecular flexibility index (Phi) is 3.70. The van der Waals surface area contributed by atoms with Gasteiger partial charge < -0.3 is 15.5 Å². The molecule has 0 aromatic rings. The molecule has 0 radical (unpaired) electrons. The molecular weight excluding hydrogens is 238 g/mol. The Hall–Kier alpha value is -0.770. The lowest BCUT2D eigenvalue weighted by Crippen LogP contribution is -2.42. The number of hydrogen-bond acceptors (Lipinski definition) is 2. The topological polar surface area (TPSA) is 49.6 Å². The number of carbonyl (C=O) groups is 1. The van der Waals surface area contributed by atoms with E-state index in [-0.39, 0.29) is 6.03 Å². The minimum absolute atomic E-state index is 0.261. The minimum Gasteiger partial charge on any atom is -0.328 e. The lowest BCUT2D eigenvalue weighted by molar-refractivity contribution is 0.163. The van der Waals surface area contributed by atoms with Crippen LogP contribution in [-0.4, -0.2) is 47.5 Å². The first-order chi connectivity index (χ1) is 9.16. The molecule has 0 aromatic heterocycles. The van der Waals surface area contributed by atoms with E-state index in [4.69, 9.17) is 5.73 Å². The van der Waals surface area contributed by atoms with E-state index < -0.39 is 0 Å². The third kappa shape index (κ3) is 2.47. The SMILES string of the molecule is CN1C(=O)N(C2CCC(N)CC2)CC1C1CCCC1. The molecule has 3 aliphatic rings. The van der Waals surface area contributed by atoms with Crippen molar-refractivity contribution in [1.29, 1.82) is 0 Å². The second-order valence-corrected chi connectivity index (χ2v) is 6.73. The molecule has 1 aliphatic heterocycles. The summed E-state index contributed by atoms with van der Waals surface area (Å²) < 4.78 is 0. The van der Waals surface area contributed by atoms with Crippen molar-refractivity contribution in [3.8, 4) is 0 Å². The first-order valence-electron chi connectivity index (χ1n) is 7.96. The zero-order valence-electron chi connectivity index (χ0n) is 12.1. The molecule has 1 saturated heterocycles. The molecule has 1 atom stereocenters. The van der Waals surface area contributed by atoms with E-state index in [1.807, 2.05) is 11.9 Å². The smallest absolute Gasteiger partial charge is 0.320 e. The summed E-state index contributed by atoms with van der Waals surface area (Å²) in [4.78, 5) is 16.6. The highest BCUT2D eigenvalue weighted by molar-refractivity contribution is 5.77. The number of hydrogen-bond donors (Lipinski definition) is 1. The number of amides is 2. The van der Waals surface area contributed by atoms with E-state index >= 15 is 0 Å². The number of rotatable bonds is 2. The summed E-state index contributed by atoms with van der Waals surface area (Å²) >= 11 is 0. The molecule has 3 fully saturated rings. The molecule has 3 rings (SSSR count). The molecule has 4 nitrogen and oxygen atoms in total. The van der Waals surface area contributed by atoms with Crippen molar-refractivity contribution in [3.63, 3.8) is 0 Å². The zero-order chi connectivity index (χ0) is 13.4. The van der Waals surface area contributed by atoms with E-state index in [1.165, 1.54) is 25.7 Å². The predicted molar refractivity (Wildman–Crippen MR) is 75.8 cm³/mol. The monoisotopic (exact) mass is 265 g/mol. The molecule has 2 aliphatic carbocycles. The summed E-state index contributed by atoms with van der Waals surface area (Å²) in [5.74, 6) is 0.741. The van der Waals surface area contributed by atoms with Gasteiger partial charge in [0.15, 0.2) is 0 Å². The van der Waals surface area contributed by atoms with Crippen LogP contribution in [0.4, 0.5) is 4.79 Å². The summed E-state index contributed by atoms with van der Waals surface area (Å²) in [6.45, 7) is 0.958. The van der Waals surface area contributed by atoms with E-state index in [2.05, 4.69) is 4.90 Å². The first-order valence-corrected chi connectivity index (χ1v) is 7.96. The zero-order valence-corrected chi connectivity index (χ0v) is 12.1. The summed E-state index contributed by atoms with van der Waals surface area (Å²) in [7, 11) is 2.00. The molecule has 1 unspecified atom stereocenters. The second-order valence-electron chi connectivity index (χ2n) is 6.73. The molecule has 0 aromatic carbocycles. The average molecular weight is 265 g/mol. The van der Waals surface area contributed by atoms with Gasteiger partial charge in [-0.05, 0) is 44.4 Å². The van der Waals surface area contributed by atoms with Crippen LogP contribution in [-0.2, 0) is 0 Å². The molecule has 0 spiro atoms. The van der Waals surface area contributed by atoms with Gasteiger partial charge in [0.1, 0.15) is 0 Å². The number of likely N-dealkylation sites (N-methyl/N-ethyl adjacent to an activating group) is 1. The van der Waals surface area contributed by atoms with E-state index in [1.54, 1.807) is 0 Å². The quantitative estimate of drug-likeness (QED) is 0.832. The Morgan fingerprint density at radius 1 is 1.05 bits per heavy atom. The number of carbonyl (C=O) groups excluding carboxylic acids is 1. The number of urea groups is 1. The van der Waals surface area contributed by atoms with Crippen molar-refractivity contribution in [2.45, 2.75) is 69.5 Å². The van der Waals surface area contributed by atoms with Gasteiger partial charge in [-0.1, -0.05) is 12.8 Å². The van der Waals surface area contributed by atoms with Gasteiger partial charge in [-0.15, -0.1) is 0 Å². The van der Waals surface area contributed by atoms with Gasteiger partial charge in [0.2, 0.25) is 0 Å². The lowest BCUT2D eigenvalue weighted by atomic mass is 9.90. The van der Waals surface area contributed by atoms with Crippen LogP contribution in [0, 0.1) is 5.92 Å². The van der Waals surface area contributed by atoms with Gasteiger partial charge in [-0.25, -0.2) is 4.79 Å². The largest absolute Gasteiger partial charge is 0.328 e. The van der Waals surface area contributed by atoms with Crippen molar-refractivity contribution >= 4 is 6.03 Å². The standard InChI is InChI=1S/C15H27N3O/c1-17-14(11-4-2-3-5-11)10-18(15(17)19)13-8-6-12(16)7-9-13/h11-14H,2-10,16H2,1H3. The van der Waals surface area contributed by atoms with Gasteiger partial charge in [0, 0.05) is 25.7 Å². The summed E-state index contributed by atoms with van der Waals surface area (Å²) in [6.07, 6.45) is 9.66. The highest BCUT2D eigenvalue weighted by atomic mass is 16.2. The van der Waals surface area contributed by atoms with Crippen LogP contribution in [0.2, 0.25) is 0 Å².